The summed E-state index contributed by atoms with van der Waals surface area (Å²) in [4.78, 5) is 8.03. The summed E-state index contributed by atoms with van der Waals surface area (Å²) in [7, 11) is 0. The Morgan fingerprint density at radius 2 is 2.38 bits per heavy atom. The van der Waals surface area contributed by atoms with Gasteiger partial charge in [0.25, 0.3) is 0 Å². The zero-order valence-corrected chi connectivity index (χ0v) is 9.48. The van der Waals surface area contributed by atoms with Crippen molar-refractivity contribution in [3.8, 4) is 0 Å². The maximum absolute atomic E-state index is 8.86. The molecule has 1 aromatic heterocycles. The molecule has 0 aromatic carbocycles. The van der Waals surface area contributed by atoms with Crippen molar-refractivity contribution in [2.24, 2.45) is 11.8 Å². The van der Waals surface area contributed by atoms with Gasteiger partial charge in [-0.25, -0.2) is 10.8 Å². The van der Waals surface area contributed by atoms with Gasteiger partial charge in [-0.05, 0) is 24.8 Å². The molecule has 0 amide bonds. The molecule has 0 fully saturated rings. The van der Waals surface area contributed by atoms with Crippen LogP contribution in [0.4, 0.5) is 11.8 Å². The topological polar surface area (TPSA) is 96.1 Å². The van der Waals surface area contributed by atoms with Crippen LogP contribution in [0.15, 0.2) is 12.3 Å². The van der Waals surface area contributed by atoms with Crippen molar-refractivity contribution < 1.29 is 5.11 Å². The number of aliphatic hydroxyl groups excluding tert-OH is 1. The van der Waals surface area contributed by atoms with Crippen LogP contribution in [0.3, 0.4) is 0 Å². The highest BCUT2D eigenvalue weighted by molar-refractivity contribution is 5.38. The van der Waals surface area contributed by atoms with E-state index in [2.05, 4.69) is 20.7 Å². The van der Waals surface area contributed by atoms with Crippen molar-refractivity contribution in [1.29, 1.82) is 0 Å². The fourth-order valence-electron chi connectivity index (χ4n) is 1.28. The summed E-state index contributed by atoms with van der Waals surface area (Å²) in [5.41, 5.74) is 2.39. The number of anilines is 2. The van der Waals surface area contributed by atoms with E-state index in [9.17, 15) is 0 Å². The molecule has 0 bridgehead atoms. The largest absolute Gasteiger partial charge is 0.396 e. The van der Waals surface area contributed by atoms with Crippen molar-refractivity contribution in [1.82, 2.24) is 9.97 Å². The normalized spacial score (nSPS) is 12.2. The first-order chi connectivity index (χ1) is 7.76. The predicted molar refractivity (Wildman–Crippen MR) is 63.8 cm³/mol. The summed E-state index contributed by atoms with van der Waals surface area (Å²) in [5.74, 6) is 6.70. The third-order valence-corrected chi connectivity index (χ3v) is 2.28. The van der Waals surface area contributed by atoms with Crippen LogP contribution in [0.1, 0.15) is 19.8 Å². The molecule has 0 aliphatic carbocycles. The molecule has 1 unspecified atom stereocenters. The number of nitrogens with two attached hydrogens (primary N) is 1. The van der Waals surface area contributed by atoms with Gasteiger partial charge in [0.15, 0.2) is 0 Å². The lowest BCUT2D eigenvalue weighted by Crippen LogP contribution is -2.12. The highest BCUT2D eigenvalue weighted by Crippen LogP contribution is 2.07. The SMILES string of the molecule is CC(CO)CCCNc1ccnc(NN)n1. The van der Waals surface area contributed by atoms with Crippen molar-refractivity contribution in [2.75, 3.05) is 23.9 Å². The molecule has 1 aromatic rings. The van der Waals surface area contributed by atoms with Crippen LogP contribution in [-0.4, -0.2) is 28.2 Å². The Labute approximate surface area is 95.3 Å². The van der Waals surface area contributed by atoms with Crippen LogP contribution in [0, 0.1) is 5.92 Å². The molecule has 1 atom stereocenters. The van der Waals surface area contributed by atoms with Crippen molar-refractivity contribution in [3.63, 3.8) is 0 Å². The Kier molecular flexibility index (Phi) is 5.52. The molecular weight excluding hydrogens is 206 g/mol. The molecule has 5 N–H and O–H groups in total. The van der Waals surface area contributed by atoms with E-state index in [0.29, 0.717) is 11.9 Å². The number of nitrogen functional groups attached to an aromatic ring is 1. The molecule has 0 spiro atoms. The molecule has 1 heterocycles. The van der Waals surface area contributed by atoms with Gasteiger partial charge >= 0.3 is 0 Å². The zero-order valence-electron chi connectivity index (χ0n) is 9.48. The molecule has 0 radical (unpaired) electrons. The summed E-state index contributed by atoms with van der Waals surface area (Å²) < 4.78 is 0. The minimum Gasteiger partial charge on any atom is -0.396 e. The van der Waals surface area contributed by atoms with Gasteiger partial charge in [0.2, 0.25) is 5.95 Å². The number of hydrogen-bond acceptors (Lipinski definition) is 6. The average molecular weight is 225 g/mol. The number of rotatable bonds is 7. The lowest BCUT2D eigenvalue weighted by Gasteiger charge is -2.09. The van der Waals surface area contributed by atoms with Crippen molar-refractivity contribution in [2.45, 2.75) is 19.8 Å². The molecule has 1 rings (SSSR count). The molecule has 6 nitrogen and oxygen atoms in total. The second-order valence-electron chi connectivity index (χ2n) is 3.77. The maximum atomic E-state index is 8.86. The Hall–Kier alpha value is -1.40. The molecule has 0 aliphatic heterocycles. The minimum absolute atomic E-state index is 0.245. The fourth-order valence-corrected chi connectivity index (χ4v) is 1.28. The highest BCUT2D eigenvalue weighted by atomic mass is 16.3. The number of nitrogens with one attached hydrogen (secondary N) is 2. The molecule has 0 aliphatic rings. The van der Waals surface area contributed by atoms with E-state index in [1.165, 1.54) is 0 Å². The van der Waals surface area contributed by atoms with E-state index in [1.54, 1.807) is 12.3 Å². The highest BCUT2D eigenvalue weighted by Gasteiger charge is 2.00. The van der Waals surface area contributed by atoms with Gasteiger partial charge in [-0.15, -0.1) is 0 Å². The maximum Gasteiger partial charge on any atom is 0.239 e. The monoisotopic (exact) mass is 225 g/mol. The molecule has 0 saturated heterocycles. The van der Waals surface area contributed by atoms with Crippen LogP contribution >= 0.6 is 0 Å². The Morgan fingerprint density at radius 3 is 3.06 bits per heavy atom. The van der Waals surface area contributed by atoms with Gasteiger partial charge in [-0.2, -0.15) is 4.98 Å². The average Bonchev–Trinajstić information content (AvgIpc) is 2.34. The first kappa shape index (κ1) is 12.7. The van der Waals surface area contributed by atoms with Crippen LogP contribution in [0.25, 0.3) is 0 Å². The number of aromatic nitrogens is 2. The van der Waals surface area contributed by atoms with Crippen LogP contribution in [-0.2, 0) is 0 Å². The predicted octanol–water partition coefficient (Wildman–Crippen LogP) is 0.583. The van der Waals surface area contributed by atoms with E-state index in [-0.39, 0.29) is 6.61 Å². The van der Waals surface area contributed by atoms with Gasteiger partial charge < -0.3 is 10.4 Å². The van der Waals surface area contributed by atoms with E-state index in [4.69, 9.17) is 10.9 Å². The number of hydrogen-bond donors (Lipinski definition) is 4. The third kappa shape index (κ3) is 4.41. The van der Waals surface area contributed by atoms with Gasteiger partial charge in [0, 0.05) is 19.3 Å². The van der Waals surface area contributed by atoms with Gasteiger partial charge in [-0.3, -0.25) is 5.43 Å². The fraction of sp³-hybridized carbons (Fsp3) is 0.600. The minimum atomic E-state index is 0.245. The summed E-state index contributed by atoms with van der Waals surface area (Å²) in [6.45, 7) is 3.10. The first-order valence-electron chi connectivity index (χ1n) is 5.40. The Morgan fingerprint density at radius 1 is 1.56 bits per heavy atom. The molecule has 90 valence electrons. The Bertz CT molecular complexity index is 307. The second kappa shape index (κ2) is 6.97. The van der Waals surface area contributed by atoms with E-state index >= 15 is 0 Å². The van der Waals surface area contributed by atoms with Crippen molar-refractivity contribution >= 4 is 11.8 Å². The van der Waals surface area contributed by atoms with Crippen LogP contribution in [0.2, 0.25) is 0 Å². The lowest BCUT2D eigenvalue weighted by atomic mass is 10.1. The first-order valence-corrected chi connectivity index (χ1v) is 5.40. The molecule has 16 heavy (non-hydrogen) atoms. The standard InChI is InChI=1S/C10H19N5O/c1-8(7-16)3-2-5-12-9-4-6-13-10(14-9)15-11/h4,6,8,16H,2-3,5,7,11H2,1H3,(H2,12,13,14,15). The summed E-state index contributed by atoms with van der Waals surface area (Å²) in [6, 6.07) is 1.79. The quantitative estimate of drug-likeness (QED) is 0.308. The summed E-state index contributed by atoms with van der Waals surface area (Å²) in [5, 5.41) is 12.0. The van der Waals surface area contributed by atoms with E-state index < -0.39 is 0 Å². The molecular formula is C10H19N5O. The summed E-state index contributed by atoms with van der Waals surface area (Å²) >= 11 is 0. The van der Waals surface area contributed by atoms with Crippen molar-refractivity contribution in [3.05, 3.63) is 12.3 Å². The third-order valence-electron chi connectivity index (χ3n) is 2.28. The van der Waals surface area contributed by atoms with Gasteiger partial charge in [-0.1, -0.05) is 6.92 Å². The number of hydrazine groups is 1. The number of nitrogens with zero attached hydrogens (tertiary/aromatic N) is 2. The van der Waals surface area contributed by atoms with Crippen LogP contribution in [0.5, 0.6) is 0 Å². The molecule has 0 saturated carbocycles. The second-order valence-corrected chi connectivity index (χ2v) is 3.77. The number of aliphatic hydroxyl groups is 1. The van der Waals surface area contributed by atoms with E-state index in [0.717, 1.165) is 25.2 Å². The summed E-state index contributed by atoms with van der Waals surface area (Å²) in [6.07, 6.45) is 3.63. The van der Waals surface area contributed by atoms with Crippen LogP contribution < -0.4 is 16.6 Å². The lowest BCUT2D eigenvalue weighted by molar-refractivity contribution is 0.229. The zero-order chi connectivity index (χ0) is 11.8. The van der Waals surface area contributed by atoms with Gasteiger partial charge in [0.05, 0.1) is 0 Å². The van der Waals surface area contributed by atoms with Gasteiger partial charge in [0.1, 0.15) is 5.82 Å². The van der Waals surface area contributed by atoms with E-state index in [1.807, 2.05) is 6.92 Å². The Balaban J connectivity index is 2.26. The molecule has 6 heteroatoms. The smallest absolute Gasteiger partial charge is 0.239 e.